The molecule has 0 unspecified atom stereocenters. The van der Waals surface area contributed by atoms with Gasteiger partial charge in [-0.2, -0.15) is 0 Å². The lowest BCUT2D eigenvalue weighted by molar-refractivity contribution is -0.228. The van der Waals surface area contributed by atoms with Crippen LogP contribution < -0.4 is 0 Å². The lowest BCUT2D eigenvalue weighted by Crippen LogP contribution is -2.42. The van der Waals surface area contributed by atoms with Gasteiger partial charge < -0.3 is 38.7 Å². The predicted molar refractivity (Wildman–Crippen MR) is 101 cm³/mol. The first-order chi connectivity index (χ1) is 13.7. The molecule has 0 aromatic carbocycles. The third kappa shape index (κ3) is 6.46. The van der Waals surface area contributed by atoms with Crippen LogP contribution in [0.5, 0.6) is 0 Å². The van der Waals surface area contributed by atoms with E-state index in [1.165, 1.54) is 20.4 Å². The lowest BCUT2D eigenvalue weighted by atomic mass is 10.0. The van der Waals surface area contributed by atoms with E-state index in [9.17, 15) is 15.0 Å². The molecule has 0 amide bonds. The number of aliphatic hydroxyl groups is 2. The maximum Gasteiger partial charge on any atom is 0.309 e. The van der Waals surface area contributed by atoms with Crippen molar-refractivity contribution in [2.24, 2.45) is 11.1 Å². The maximum atomic E-state index is 11.1. The normalized spacial score (nSPS) is 31.7. The Hall–Kier alpha value is -1.56. The van der Waals surface area contributed by atoms with E-state index in [2.05, 4.69) is 9.89 Å². The van der Waals surface area contributed by atoms with Gasteiger partial charge in [-0.1, -0.05) is 24.2 Å². The van der Waals surface area contributed by atoms with Crippen molar-refractivity contribution in [2.45, 2.75) is 69.8 Å². The minimum absolute atomic E-state index is 0.0704. The molecule has 2 heterocycles. The average Bonchev–Trinajstić information content (AvgIpc) is 3.13. The second-order valence-electron chi connectivity index (χ2n) is 7.45. The van der Waals surface area contributed by atoms with E-state index in [0.717, 1.165) is 0 Å². The highest BCUT2D eigenvalue weighted by molar-refractivity contribution is 5.71. The number of carbonyl (C=O) groups is 1. The molecule has 0 aromatic heterocycles. The number of rotatable bonds is 10. The fourth-order valence-corrected chi connectivity index (χ4v) is 3.13. The molecule has 0 aliphatic carbocycles. The smallest absolute Gasteiger partial charge is 0.309 e. The van der Waals surface area contributed by atoms with Crippen molar-refractivity contribution in [1.29, 1.82) is 0 Å². The SMILES string of the molecule is COC(=O)CC=C[C@@H](C)[C@@H](C=NOC[C@@H](O)[C@H]1O[C@@H]2OC(C)(C)O[C@@H]2[C@H]1O)OC. The monoisotopic (exact) mass is 417 g/mol. The summed E-state index contributed by atoms with van der Waals surface area (Å²) in [6, 6.07) is 0. The number of oxime groups is 1. The average molecular weight is 417 g/mol. The number of esters is 1. The highest BCUT2D eigenvalue weighted by atomic mass is 16.8. The van der Waals surface area contributed by atoms with E-state index < -0.39 is 42.6 Å². The molecule has 0 bridgehead atoms. The van der Waals surface area contributed by atoms with Crippen molar-refractivity contribution < 1.29 is 43.5 Å². The predicted octanol–water partition coefficient (Wildman–Crippen LogP) is 0.357. The molecule has 2 aliphatic rings. The number of nitrogens with zero attached hydrogens (tertiary/aromatic N) is 1. The molecule has 10 heteroatoms. The van der Waals surface area contributed by atoms with Gasteiger partial charge in [-0.15, -0.1) is 0 Å². The Morgan fingerprint density at radius 3 is 2.66 bits per heavy atom. The number of carbonyl (C=O) groups excluding carboxylic acids is 1. The summed E-state index contributed by atoms with van der Waals surface area (Å²) >= 11 is 0. The minimum Gasteiger partial charge on any atom is -0.469 e. The molecule has 2 saturated heterocycles. The van der Waals surface area contributed by atoms with Crippen LogP contribution in [0.1, 0.15) is 27.2 Å². The van der Waals surface area contributed by atoms with Gasteiger partial charge in [0.05, 0.1) is 19.7 Å². The maximum absolute atomic E-state index is 11.1. The fourth-order valence-electron chi connectivity index (χ4n) is 3.13. The molecule has 166 valence electrons. The largest absolute Gasteiger partial charge is 0.469 e. The quantitative estimate of drug-likeness (QED) is 0.224. The van der Waals surface area contributed by atoms with Crippen molar-refractivity contribution in [3.8, 4) is 0 Å². The van der Waals surface area contributed by atoms with E-state index in [1.54, 1.807) is 19.9 Å². The zero-order valence-corrected chi connectivity index (χ0v) is 17.4. The van der Waals surface area contributed by atoms with Gasteiger partial charge in [0.2, 0.25) is 0 Å². The Morgan fingerprint density at radius 2 is 2.03 bits per heavy atom. The molecule has 0 saturated carbocycles. The van der Waals surface area contributed by atoms with Gasteiger partial charge in [-0.3, -0.25) is 4.79 Å². The first-order valence-corrected chi connectivity index (χ1v) is 9.47. The number of hydrogen-bond donors (Lipinski definition) is 2. The van der Waals surface area contributed by atoms with Gasteiger partial charge >= 0.3 is 5.97 Å². The van der Waals surface area contributed by atoms with Crippen molar-refractivity contribution in [3.63, 3.8) is 0 Å². The highest BCUT2D eigenvalue weighted by Gasteiger charge is 2.56. The van der Waals surface area contributed by atoms with Crippen LogP contribution >= 0.6 is 0 Å². The van der Waals surface area contributed by atoms with Crippen molar-refractivity contribution in [3.05, 3.63) is 12.2 Å². The Labute approximate surface area is 170 Å². The van der Waals surface area contributed by atoms with E-state index in [-0.39, 0.29) is 24.9 Å². The van der Waals surface area contributed by atoms with Gasteiger partial charge in [-0.05, 0) is 13.8 Å². The van der Waals surface area contributed by atoms with Gasteiger partial charge in [-0.25, -0.2) is 0 Å². The van der Waals surface area contributed by atoms with Crippen LogP contribution in [0.2, 0.25) is 0 Å². The molecule has 29 heavy (non-hydrogen) atoms. The van der Waals surface area contributed by atoms with Gasteiger partial charge in [0.15, 0.2) is 12.1 Å². The number of fused-ring (bicyclic) bond motifs is 1. The van der Waals surface area contributed by atoms with Crippen LogP contribution in [0.25, 0.3) is 0 Å². The molecule has 7 atom stereocenters. The zero-order valence-electron chi connectivity index (χ0n) is 17.4. The van der Waals surface area contributed by atoms with Crippen LogP contribution in [0.15, 0.2) is 17.3 Å². The summed E-state index contributed by atoms with van der Waals surface area (Å²) in [6.07, 6.45) is 0.270. The summed E-state index contributed by atoms with van der Waals surface area (Å²) in [6.45, 7) is 5.15. The molecule has 0 aromatic rings. The summed E-state index contributed by atoms with van der Waals surface area (Å²) in [5, 5.41) is 24.4. The number of hydrogen-bond acceptors (Lipinski definition) is 10. The number of ether oxygens (including phenoxy) is 5. The Morgan fingerprint density at radius 1 is 1.31 bits per heavy atom. The van der Waals surface area contributed by atoms with E-state index in [4.69, 9.17) is 23.8 Å². The fraction of sp³-hybridized carbons (Fsp3) is 0.789. The van der Waals surface area contributed by atoms with Crippen molar-refractivity contribution >= 4 is 12.2 Å². The van der Waals surface area contributed by atoms with Gasteiger partial charge in [0, 0.05) is 13.0 Å². The zero-order chi connectivity index (χ0) is 21.6. The Balaban J connectivity index is 1.76. The first-order valence-electron chi connectivity index (χ1n) is 9.47. The topological polar surface area (TPSA) is 125 Å². The van der Waals surface area contributed by atoms with Gasteiger partial charge in [0.25, 0.3) is 0 Å². The third-order valence-corrected chi connectivity index (χ3v) is 4.70. The van der Waals surface area contributed by atoms with Gasteiger partial charge in [0.1, 0.15) is 37.1 Å². The summed E-state index contributed by atoms with van der Waals surface area (Å²) in [5.74, 6) is -1.24. The van der Waals surface area contributed by atoms with Crippen LogP contribution in [0.3, 0.4) is 0 Å². The minimum atomic E-state index is -1.12. The molecule has 10 nitrogen and oxygen atoms in total. The van der Waals surface area contributed by atoms with E-state index in [1.807, 2.05) is 13.0 Å². The Kier molecular flexibility index (Phi) is 8.56. The van der Waals surface area contributed by atoms with Crippen molar-refractivity contribution in [1.82, 2.24) is 0 Å². The molecule has 2 N–H and O–H groups in total. The van der Waals surface area contributed by atoms with Crippen LogP contribution in [-0.2, 0) is 33.3 Å². The molecule has 0 radical (unpaired) electrons. The molecular weight excluding hydrogens is 386 g/mol. The highest BCUT2D eigenvalue weighted by Crippen LogP contribution is 2.38. The van der Waals surface area contributed by atoms with E-state index >= 15 is 0 Å². The molecule has 2 fully saturated rings. The number of methoxy groups -OCH3 is 2. The summed E-state index contributed by atoms with van der Waals surface area (Å²) in [4.78, 5) is 16.2. The van der Waals surface area contributed by atoms with Crippen molar-refractivity contribution in [2.75, 3.05) is 20.8 Å². The molecule has 2 aliphatic heterocycles. The standard InChI is InChI=1S/C19H31NO9/c1-11(7-6-8-14(22)25-5)13(24-4)9-20-26-10-12(21)16-15(23)17-18(27-16)29-19(2,3)28-17/h6-7,9,11-13,15-18,21,23H,8,10H2,1-5H3/t11-,12-,13-,15+,16-,17-,18-/m1/s1. The third-order valence-electron chi connectivity index (χ3n) is 4.70. The molecule has 0 spiro atoms. The summed E-state index contributed by atoms with van der Waals surface area (Å²) in [5.41, 5.74) is 0. The number of aliphatic hydroxyl groups excluding tert-OH is 2. The molecule has 2 rings (SSSR count). The second-order valence-corrected chi connectivity index (χ2v) is 7.45. The Bertz CT molecular complexity index is 594. The second kappa shape index (κ2) is 10.5. The van der Waals surface area contributed by atoms with Crippen LogP contribution in [-0.4, -0.2) is 85.8 Å². The summed E-state index contributed by atoms with van der Waals surface area (Å²) < 4.78 is 26.6. The molecular formula is C19H31NO9. The van der Waals surface area contributed by atoms with Crippen LogP contribution in [0, 0.1) is 5.92 Å². The first kappa shape index (κ1) is 23.7. The summed E-state index contributed by atoms with van der Waals surface area (Å²) in [7, 11) is 2.86. The van der Waals surface area contributed by atoms with Crippen LogP contribution in [0.4, 0.5) is 0 Å². The van der Waals surface area contributed by atoms with E-state index in [0.29, 0.717) is 0 Å². The lowest BCUT2D eigenvalue weighted by Gasteiger charge is -2.25.